The number of H-pyrrole nitrogens is 1. The summed E-state index contributed by atoms with van der Waals surface area (Å²) in [4.78, 5) is 3.09. The third-order valence-corrected chi connectivity index (χ3v) is 2.30. The predicted molar refractivity (Wildman–Crippen MR) is 60.7 cm³/mol. The lowest BCUT2D eigenvalue weighted by molar-refractivity contribution is 1.43. The Bertz CT molecular complexity index is 508. The van der Waals surface area contributed by atoms with Crippen LogP contribution in [0.25, 0.3) is 16.6 Å². The highest BCUT2D eigenvalue weighted by molar-refractivity contribution is 5.97. The first-order valence-corrected chi connectivity index (χ1v) is 4.42. The molecule has 1 heterocycles. The number of hydrogen-bond donors (Lipinski definition) is 3. The van der Waals surface area contributed by atoms with E-state index in [4.69, 9.17) is 11.5 Å². The second-order valence-electron chi connectivity index (χ2n) is 3.49. The minimum Gasteiger partial charge on any atom is -0.399 e. The molecule has 5 N–H and O–H groups in total. The Morgan fingerprint density at radius 1 is 1.43 bits per heavy atom. The fourth-order valence-electron chi connectivity index (χ4n) is 1.68. The van der Waals surface area contributed by atoms with Gasteiger partial charge in [0.1, 0.15) is 5.82 Å². The smallest absolute Gasteiger partial charge is 0.111 e. The largest absolute Gasteiger partial charge is 0.399 e. The normalized spacial score (nSPS) is 10.6. The van der Waals surface area contributed by atoms with E-state index in [0.29, 0.717) is 11.5 Å². The predicted octanol–water partition coefficient (Wildman–Crippen LogP) is 1.99. The van der Waals surface area contributed by atoms with E-state index in [-0.39, 0.29) is 0 Å². The van der Waals surface area contributed by atoms with Crippen LogP contribution in [0.2, 0.25) is 0 Å². The first kappa shape index (κ1) is 8.69. The second-order valence-corrected chi connectivity index (χ2v) is 3.49. The van der Waals surface area contributed by atoms with Crippen molar-refractivity contribution in [2.24, 2.45) is 5.73 Å². The number of nitrogens with one attached hydrogen (secondary N) is 1. The Kier molecular flexibility index (Phi) is 1.74. The summed E-state index contributed by atoms with van der Waals surface area (Å²) in [6.45, 7) is 5.74. The fourth-order valence-corrected chi connectivity index (χ4v) is 1.68. The van der Waals surface area contributed by atoms with E-state index in [1.165, 1.54) is 5.56 Å². The zero-order valence-corrected chi connectivity index (χ0v) is 8.09. The molecule has 14 heavy (non-hydrogen) atoms. The lowest BCUT2D eigenvalue weighted by Gasteiger charge is -1.98. The molecule has 0 saturated carbocycles. The molecule has 1 aromatic carbocycles. The SMILES string of the molecule is C=C(N)c1c(N)[nH]c2cc(C)ccc12. The van der Waals surface area contributed by atoms with Gasteiger partial charge < -0.3 is 16.5 Å². The van der Waals surface area contributed by atoms with Gasteiger partial charge in [0.05, 0.1) is 0 Å². The van der Waals surface area contributed by atoms with Crippen LogP contribution in [0.3, 0.4) is 0 Å². The number of benzene rings is 1. The minimum absolute atomic E-state index is 0.498. The van der Waals surface area contributed by atoms with Crippen LogP contribution in [0.4, 0.5) is 5.82 Å². The van der Waals surface area contributed by atoms with Crippen molar-refractivity contribution in [1.29, 1.82) is 0 Å². The summed E-state index contributed by atoms with van der Waals surface area (Å²) in [6, 6.07) is 6.07. The van der Waals surface area contributed by atoms with Crippen LogP contribution in [-0.2, 0) is 0 Å². The summed E-state index contributed by atoms with van der Waals surface area (Å²) in [5.74, 6) is 0.582. The van der Waals surface area contributed by atoms with Crippen LogP contribution in [0.15, 0.2) is 24.8 Å². The van der Waals surface area contributed by atoms with E-state index in [9.17, 15) is 0 Å². The van der Waals surface area contributed by atoms with Crippen molar-refractivity contribution in [2.45, 2.75) is 6.92 Å². The average molecular weight is 187 g/mol. The average Bonchev–Trinajstić information content (AvgIpc) is 2.39. The molecule has 72 valence electrons. The van der Waals surface area contributed by atoms with Crippen molar-refractivity contribution in [3.8, 4) is 0 Å². The van der Waals surface area contributed by atoms with Gasteiger partial charge >= 0.3 is 0 Å². The molecule has 0 aliphatic heterocycles. The third kappa shape index (κ3) is 1.14. The first-order chi connectivity index (χ1) is 6.59. The van der Waals surface area contributed by atoms with Crippen molar-refractivity contribution >= 4 is 22.4 Å². The van der Waals surface area contributed by atoms with Gasteiger partial charge in [-0.3, -0.25) is 0 Å². The molecule has 0 aliphatic rings. The maximum atomic E-state index is 5.81. The van der Waals surface area contributed by atoms with Gasteiger partial charge in [-0.1, -0.05) is 18.7 Å². The number of aryl methyl sites for hydroxylation is 1. The van der Waals surface area contributed by atoms with E-state index < -0.39 is 0 Å². The molecule has 3 nitrogen and oxygen atoms in total. The van der Waals surface area contributed by atoms with E-state index in [2.05, 4.69) is 11.6 Å². The molecule has 0 spiro atoms. The second kappa shape index (κ2) is 2.80. The number of aromatic nitrogens is 1. The number of nitrogen functional groups attached to an aromatic ring is 1. The Morgan fingerprint density at radius 3 is 2.79 bits per heavy atom. The summed E-state index contributed by atoms with van der Waals surface area (Å²) in [5, 5.41) is 1.03. The molecule has 0 radical (unpaired) electrons. The highest BCUT2D eigenvalue weighted by atomic mass is 14.9. The number of hydrogen-bond acceptors (Lipinski definition) is 2. The summed E-state index contributed by atoms with van der Waals surface area (Å²) >= 11 is 0. The van der Waals surface area contributed by atoms with Gasteiger partial charge in [0.15, 0.2) is 0 Å². The Hall–Kier alpha value is -1.90. The van der Waals surface area contributed by atoms with E-state index in [1.54, 1.807) is 0 Å². The summed E-state index contributed by atoms with van der Waals surface area (Å²) < 4.78 is 0. The van der Waals surface area contributed by atoms with Crippen LogP contribution < -0.4 is 11.5 Å². The van der Waals surface area contributed by atoms with Crippen LogP contribution in [0.5, 0.6) is 0 Å². The molecule has 0 atom stereocenters. The van der Waals surface area contributed by atoms with Gasteiger partial charge in [0.2, 0.25) is 0 Å². The maximum Gasteiger partial charge on any atom is 0.111 e. The summed E-state index contributed by atoms with van der Waals surface area (Å²) in [5.41, 5.74) is 15.0. The summed E-state index contributed by atoms with van der Waals surface area (Å²) in [6.07, 6.45) is 0. The summed E-state index contributed by atoms with van der Waals surface area (Å²) in [7, 11) is 0. The zero-order chi connectivity index (χ0) is 10.3. The number of aromatic amines is 1. The van der Waals surface area contributed by atoms with E-state index in [0.717, 1.165) is 16.5 Å². The Labute approximate surface area is 82.4 Å². The number of nitrogens with two attached hydrogens (primary N) is 2. The quantitative estimate of drug-likeness (QED) is 0.639. The lowest BCUT2D eigenvalue weighted by Crippen LogP contribution is -1.97. The standard InChI is InChI=1S/C11H13N3/c1-6-3-4-8-9(5-6)14-11(13)10(8)7(2)12/h3-5,14H,2,12-13H2,1H3. The highest BCUT2D eigenvalue weighted by Gasteiger charge is 2.09. The number of anilines is 1. The molecule has 0 fully saturated rings. The van der Waals surface area contributed by atoms with Gasteiger partial charge in [0, 0.05) is 22.2 Å². The molecule has 2 aromatic rings. The fraction of sp³-hybridized carbons (Fsp3) is 0.0909. The molecule has 2 rings (SSSR count). The van der Waals surface area contributed by atoms with Crippen molar-refractivity contribution in [1.82, 2.24) is 4.98 Å². The van der Waals surface area contributed by atoms with Gasteiger partial charge in [-0.25, -0.2) is 0 Å². The molecule has 0 bridgehead atoms. The van der Waals surface area contributed by atoms with Crippen molar-refractivity contribution in [3.63, 3.8) is 0 Å². The molecule has 0 aliphatic carbocycles. The van der Waals surface area contributed by atoms with E-state index >= 15 is 0 Å². The Morgan fingerprint density at radius 2 is 2.14 bits per heavy atom. The topological polar surface area (TPSA) is 67.8 Å². The minimum atomic E-state index is 0.498. The van der Waals surface area contributed by atoms with Crippen molar-refractivity contribution in [3.05, 3.63) is 35.9 Å². The van der Waals surface area contributed by atoms with Crippen molar-refractivity contribution < 1.29 is 0 Å². The van der Waals surface area contributed by atoms with Crippen LogP contribution >= 0.6 is 0 Å². The monoisotopic (exact) mass is 187 g/mol. The van der Waals surface area contributed by atoms with Gasteiger partial charge in [0.25, 0.3) is 0 Å². The van der Waals surface area contributed by atoms with Crippen molar-refractivity contribution in [2.75, 3.05) is 5.73 Å². The van der Waals surface area contributed by atoms with E-state index in [1.807, 2.05) is 25.1 Å². The maximum absolute atomic E-state index is 5.81. The molecule has 1 aromatic heterocycles. The highest BCUT2D eigenvalue weighted by Crippen LogP contribution is 2.27. The van der Waals surface area contributed by atoms with Crippen LogP contribution in [0, 0.1) is 6.92 Å². The molecule has 0 amide bonds. The zero-order valence-electron chi connectivity index (χ0n) is 8.09. The van der Waals surface area contributed by atoms with Crippen LogP contribution in [0.1, 0.15) is 11.1 Å². The lowest BCUT2D eigenvalue weighted by atomic mass is 10.1. The Balaban J connectivity index is 2.84. The van der Waals surface area contributed by atoms with Gasteiger partial charge in [-0.15, -0.1) is 0 Å². The third-order valence-electron chi connectivity index (χ3n) is 2.30. The number of rotatable bonds is 1. The van der Waals surface area contributed by atoms with Gasteiger partial charge in [-0.05, 0) is 18.6 Å². The molecule has 0 unspecified atom stereocenters. The molecule has 0 saturated heterocycles. The first-order valence-electron chi connectivity index (χ1n) is 4.42. The van der Waals surface area contributed by atoms with Crippen LogP contribution in [-0.4, -0.2) is 4.98 Å². The molecular formula is C11H13N3. The number of fused-ring (bicyclic) bond motifs is 1. The van der Waals surface area contributed by atoms with Gasteiger partial charge in [-0.2, -0.15) is 0 Å². The molecule has 3 heteroatoms. The molecular weight excluding hydrogens is 174 g/mol.